The SMILES string of the molecule is Cn1nccc1-c1sccc1Br. The van der Waals surface area contributed by atoms with Crippen molar-refractivity contribution in [2.75, 3.05) is 0 Å². The molecule has 0 radical (unpaired) electrons. The Hall–Kier alpha value is -0.610. The van der Waals surface area contributed by atoms with E-state index in [2.05, 4.69) is 26.4 Å². The number of aryl methyl sites for hydroxylation is 1. The molecule has 62 valence electrons. The average Bonchev–Trinajstić information content (AvgIpc) is 2.59. The first-order chi connectivity index (χ1) is 5.79. The molecule has 2 heterocycles. The molecule has 0 spiro atoms. The van der Waals surface area contributed by atoms with Crippen LogP contribution in [0.4, 0.5) is 0 Å². The third-order valence-electron chi connectivity index (χ3n) is 1.67. The molecular weight excluding hydrogens is 236 g/mol. The molecule has 4 heteroatoms. The van der Waals surface area contributed by atoms with Gasteiger partial charge in [-0.2, -0.15) is 5.10 Å². The number of rotatable bonds is 1. The smallest absolute Gasteiger partial charge is 0.0790 e. The highest BCUT2D eigenvalue weighted by Crippen LogP contribution is 2.32. The molecule has 0 fully saturated rings. The van der Waals surface area contributed by atoms with Crippen LogP contribution in [0.15, 0.2) is 28.2 Å². The number of halogens is 1. The monoisotopic (exact) mass is 242 g/mol. The lowest BCUT2D eigenvalue weighted by Gasteiger charge is -1.97. The Morgan fingerprint density at radius 1 is 1.50 bits per heavy atom. The predicted molar refractivity (Wildman–Crippen MR) is 54.2 cm³/mol. The van der Waals surface area contributed by atoms with E-state index in [4.69, 9.17) is 0 Å². The summed E-state index contributed by atoms with van der Waals surface area (Å²) in [5.41, 5.74) is 1.15. The normalized spacial score (nSPS) is 10.5. The molecule has 0 amide bonds. The number of hydrogen-bond acceptors (Lipinski definition) is 2. The van der Waals surface area contributed by atoms with Crippen LogP contribution in [0.1, 0.15) is 0 Å². The first-order valence-corrected chi connectivity index (χ1v) is 5.17. The van der Waals surface area contributed by atoms with Crippen LogP contribution in [0.25, 0.3) is 10.6 Å². The summed E-state index contributed by atoms with van der Waals surface area (Å²) < 4.78 is 3.01. The van der Waals surface area contributed by atoms with E-state index in [-0.39, 0.29) is 0 Å². The van der Waals surface area contributed by atoms with Gasteiger partial charge >= 0.3 is 0 Å². The molecule has 0 aliphatic rings. The van der Waals surface area contributed by atoms with Gasteiger partial charge in [0, 0.05) is 17.7 Å². The van der Waals surface area contributed by atoms with Gasteiger partial charge in [0.05, 0.1) is 10.6 Å². The largest absolute Gasteiger partial charge is 0.267 e. The Kier molecular flexibility index (Phi) is 2.02. The number of thiophene rings is 1. The number of nitrogens with zero attached hydrogens (tertiary/aromatic N) is 2. The van der Waals surface area contributed by atoms with Gasteiger partial charge in [-0.1, -0.05) is 0 Å². The van der Waals surface area contributed by atoms with Gasteiger partial charge in [-0.3, -0.25) is 4.68 Å². The Morgan fingerprint density at radius 3 is 2.83 bits per heavy atom. The van der Waals surface area contributed by atoms with Gasteiger partial charge < -0.3 is 0 Å². The fourth-order valence-corrected chi connectivity index (χ4v) is 2.71. The molecule has 0 unspecified atom stereocenters. The van der Waals surface area contributed by atoms with E-state index in [9.17, 15) is 0 Å². The second-order valence-corrected chi connectivity index (χ2v) is 4.21. The van der Waals surface area contributed by atoms with E-state index in [1.54, 1.807) is 11.3 Å². The fraction of sp³-hybridized carbons (Fsp3) is 0.125. The Labute approximate surface area is 83.0 Å². The second kappa shape index (κ2) is 3.03. The molecular formula is C8H7BrN2S. The molecule has 2 aromatic rings. The molecule has 0 N–H and O–H groups in total. The van der Waals surface area contributed by atoms with E-state index in [0.717, 1.165) is 10.2 Å². The average molecular weight is 243 g/mol. The summed E-state index contributed by atoms with van der Waals surface area (Å²) >= 11 is 5.20. The van der Waals surface area contributed by atoms with Gasteiger partial charge in [-0.25, -0.2) is 0 Å². The molecule has 2 nitrogen and oxygen atoms in total. The summed E-state index contributed by atoms with van der Waals surface area (Å²) in [7, 11) is 1.95. The third kappa shape index (κ3) is 1.21. The van der Waals surface area contributed by atoms with Crippen LogP contribution in [0.3, 0.4) is 0 Å². The number of aromatic nitrogens is 2. The highest BCUT2D eigenvalue weighted by Gasteiger charge is 2.07. The summed E-state index contributed by atoms with van der Waals surface area (Å²) in [5.74, 6) is 0. The van der Waals surface area contributed by atoms with Gasteiger partial charge in [-0.05, 0) is 33.4 Å². The minimum atomic E-state index is 1.14. The zero-order chi connectivity index (χ0) is 8.55. The van der Waals surface area contributed by atoms with Crippen molar-refractivity contribution in [3.63, 3.8) is 0 Å². The minimum absolute atomic E-state index is 1.14. The van der Waals surface area contributed by atoms with Crippen molar-refractivity contribution in [3.05, 3.63) is 28.2 Å². The Bertz CT molecular complexity index is 353. The zero-order valence-electron chi connectivity index (χ0n) is 6.49. The van der Waals surface area contributed by atoms with Crippen LogP contribution in [-0.2, 0) is 7.05 Å². The molecule has 0 atom stereocenters. The summed E-state index contributed by atoms with van der Waals surface area (Å²) in [6.45, 7) is 0. The van der Waals surface area contributed by atoms with E-state index in [0.29, 0.717) is 0 Å². The Morgan fingerprint density at radius 2 is 2.33 bits per heavy atom. The lowest BCUT2D eigenvalue weighted by atomic mass is 10.3. The molecule has 0 aliphatic heterocycles. The van der Waals surface area contributed by atoms with Crippen LogP contribution < -0.4 is 0 Å². The third-order valence-corrected chi connectivity index (χ3v) is 3.53. The summed E-state index contributed by atoms with van der Waals surface area (Å²) in [6.07, 6.45) is 1.81. The fourth-order valence-electron chi connectivity index (χ4n) is 1.07. The summed E-state index contributed by atoms with van der Waals surface area (Å²) in [5, 5.41) is 6.18. The minimum Gasteiger partial charge on any atom is -0.267 e. The van der Waals surface area contributed by atoms with Crippen molar-refractivity contribution < 1.29 is 0 Å². The second-order valence-electron chi connectivity index (χ2n) is 2.44. The van der Waals surface area contributed by atoms with E-state index >= 15 is 0 Å². The van der Waals surface area contributed by atoms with Crippen LogP contribution in [0.2, 0.25) is 0 Å². The maximum Gasteiger partial charge on any atom is 0.0790 e. The van der Waals surface area contributed by atoms with Crippen LogP contribution in [-0.4, -0.2) is 9.78 Å². The van der Waals surface area contributed by atoms with Crippen molar-refractivity contribution in [2.24, 2.45) is 7.05 Å². The summed E-state index contributed by atoms with van der Waals surface area (Å²) in [6, 6.07) is 4.06. The molecule has 0 aliphatic carbocycles. The van der Waals surface area contributed by atoms with Gasteiger partial charge in [0.25, 0.3) is 0 Å². The van der Waals surface area contributed by atoms with Crippen molar-refractivity contribution >= 4 is 27.3 Å². The lowest BCUT2D eigenvalue weighted by Crippen LogP contribution is -1.91. The Balaban J connectivity index is 2.57. The first-order valence-electron chi connectivity index (χ1n) is 3.50. The topological polar surface area (TPSA) is 17.8 Å². The van der Waals surface area contributed by atoms with Crippen LogP contribution in [0.5, 0.6) is 0 Å². The van der Waals surface area contributed by atoms with E-state index in [1.165, 1.54) is 4.88 Å². The van der Waals surface area contributed by atoms with Gasteiger partial charge in [0.15, 0.2) is 0 Å². The van der Waals surface area contributed by atoms with Crippen molar-refractivity contribution in [3.8, 4) is 10.6 Å². The molecule has 12 heavy (non-hydrogen) atoms. The maximum absolute atomic E-state index is 4.12. The lowest BCUT2D eigenvalue weighted by molar-refractivity contribution is 0.777. The van der Waals surface area contributed by atoms with Crippen molar-refractivity contribution in [1.82, 2.24) is 9.78 Å². The van der Waals surface area contributed by atoms with Gasteiger partial charge in [0.2, 0.25) is 0 Å². The highest BCUT2D eigenvalue weighted by molar-refractivity contribution is 9.10. The van der Waals surface area contributed by atoms with Gasteiger partial charge in [0.1, 0.15) is 0 Å². The maximum atomic E-state index is 4.12. The van der Waals surface area contributed by atoms with E-state index < -0.39 is 0 Å². The van der Waals surface area contributed by atoms with Crippen LogP contribution in [0, 0.1) is 0 Å². The molecule has 2 rings (SSSR count). The molecule has 0 saturated carbocycles. The number of hydrogen-bond donors (Lipinski definition) is 0. The predicted octanol–water partition coefficient (Wildman–Crippen LogP) is 2.91. The van der Waals surface area contributed by atoms with Gasteiger partial charge in [-0.15, -0.1) is 11.3 Å². The molecule has 0 bridgehead atoms. The summed E-state index contributed by atoms with van der Waals surface area (Å²) in [4.78, 5) is 1.23. The quantitative estimate of drug-likeness (QED) is 0.752. The first kappa shape index (κ1) is 8.01. The van der Waals surface area contributed by atoms with Crippen LogP contribution >= 0.6 is 27.3 Å². The molecule has 0 aromatic carbocycles. The van der Waals surface area contributed by atoms with Crippen molar-refractivity contribution in [1.29, 1.82) is 0 Å². The van der Waals surface area contributed by atoms with E-state index in [1.807, 2.05) is 30.1 Å². The zero-order valence-corrected chi connectivity index (χ0v) is 8.89. The molecule has 0 saturated heterocycles. The van der Waals surface area contributed by atoms with Crippen molar-refractivity contribution in [2.45, 2.75) is 0 Å². The standard InChI is InChI=1S/C8H7BrN2S/c1-11-7(2-4-10-11)8-6(9)3-5-12-8/h2-5H,1H3. The molecule has 2 aromatic heterocycles. The highest BCUT2D eigenvalue weighted by atomic mass is 79.9.